The number of hydrogen-bond donors (Lipinski definition) is 1. The molecule has 1 amide bonds. The van der Waals surface area contributed by atoms with Gasteiger partial charge >= 0.3 is 0 Å². The summed E-state index contributed by atoms with van der Waals surface area (Å²) in [6, 6.07) is 15.5. The summed E-state index contributed by atoms with van der Waals surface area (Å²) < 4.78 is 0. The van der Waals surface area contributed by atoms with E-state index in [2.05, 4.69) is 46.3 Å². The predicted octanol–water partition coefficient (Wildman–Crippen LogP) is 3.80. The monoisotopic (exact) mass is 357 g/mol. The van der Waals surface area contributed by atoms with E-state index in [4.69, 9.17) is 11.6 Å². The Balaban J connectivity index is 1.57. The van der Waals surface area contributed by atoms with Gasteiger partial charge in [-0.2, -0.15) is 0 Å². The molecule has 0 spiro atoms. The van der Waals surface area contributed by atoms with Crippen molar-refractivity contribution in [3.63, 3.8) is 0 Å². The smallest absolute Gasteiger partial charge is 0.241 e. The second-order valence-corrected chi connectivity index (χ2v) is 6.92. The molecule has 5 heteroatoms. The van der Waals surface area contributed by atoms with E-state index in [0.29, 0.717) is 5.02 Å². The Kier molecular flexibility index (Phi) is 5.61. The molecule has 2 aromatic carbocycles. The topological polar surface area (TPSA) is 35.6 Å². The van der Waals surface area contributed by atoms with Crippen molar-refractivity contribution < 1.29 is 4.79 Å². The van der Waals surface area contributed by atoms with E-state index in [0.717, 1.165) is 31.9 Å². The second kappa shape index (κ2) is 7.89. The number of carbonyl (C=O) groups excluding carboxylic acids is 1. The van der Waals surface area contributed by atoms with Crippen LogP contribution in [0.4, 0.5) is 11.4 Å². The number of nitrogens with one attached hydrogen (secondary N) is 1. The van der Waals surface area contributed by atoms with Gasteiger partial charge in [0, 0.05) is 42.6 Å². The van der Waals surface area contributed by atoms with E-state index in [-0.39, 0.29) is 11.9 Å². The molecule has 132 valence electrons. The van der Waals surface area contributed by atoms with Gasteiger partial charge in [-0.3, -0.25) is 9.69 Å². The first-order chi connectivity index (χ1) is 12.0. The Labute approximate surface area is 154 Å². The highest BCUT2D eigenvalue weighted by atomic mass is 35.5. The summed E-state index contributed by atoms with van der Waals surface area (Å²) in [5.41, 5.74) is 3.32. The molecule has 1 atom stereocenters. The molecule has 0 aromatic heterocycles. The van der Waals surface area contributed by atoms with Crippen LogP contribution < -0.4 is 10.2 Å². The van der Waals surface area contributed by atoms with Crippen LogP contribution in [0.25, 0.3) is 0 Å². The summed E-state index contributed by atoms with van der Waals surface area (Å²) in [7, 11) is 0. The molecule has 1 unspecified atom stereocenters. The summed E-state index contributed by atoms with van der Waals surface area (Å²) in [4.78, 5) is 17.1. The average Bonchev–Trinajstić information content (AvgIpc) is 2.62. The second-order valence-electron chi connectivity index (χ2n) is 6.49. The number of carbonyl (C=O) groups is 1. The van der Waals surface area contributed by atoms with E-state index in [9.17, 15) is 4.79 Å². The molecule has 1 aliphatic rings. The number of para-hydroxylation sites is 1. The SMILES string of the molecule is Cc1ccccc1N1CCN(C(C)C(=O)Nc2cccc(Cl)c2)CC1. The molecule has 0 bridgehead atoms. The number of hydrogen-bond acceptors (Lipinski definition) is 3. The van der Waals surface area contributed by atoms with E-state index >= 15 is 0 Å². The minimum Gasteiger partial charge on any atom is -0.369 e. The maximum Gasteiger partial charge on any atom is 0.241 e. The molecular weight excluding hydrogens is 334 g/mol. The van der Waals surface area contributed by atoms with Crippen molar-refractivity contribution in [2.24, 2.45) is 0 Å². The normalized spacial score (nSPS) is 16.5. The zero-order valence-electron chi connectivity index (χ0n) is 14.7. The van der Waals surface area contributed by atoms with E-state index in [1.54, 1.807) is 12.1 Å². The van der Waals surface area contributed by atoms with Gasteiger partial charge < -0.3 is 10.2 Å². The van der Waals surface area contributed by atoms with Crippen LogP contribution in [0.2, 0.25) is 5.02 Å². The fourth-order valence-corrected chi connectivity index (χ4v) is 3.44. The van der Waals surface area contributed by atoms with Crippen molar-refractivity contribution in [2.45, 2.75) is 19.9 Å². The van der Waals surface area contributed by atoms with Crippen molar-refractivity contribution in [2.75, 3.05) is 36.4 Å². The standard InChI is InChI=1S/C20H24ClN3O/c1-15-6-3-4-9-19(15)24-12-10-23(11-13-24)16(2)20(25)22-18-8-5-7-17(21)14-18/h3-9,14,16H,10-13H2,1-2H3,(H,22,25). The van der Waals surface area contributed by atoms with Crippen LogP contribution in [0.1, 0.15) is 12.5 Å². The third kappa shape index (κ3) is 4.33. The number of amides is 1. The fourth-order valence-electron chi connectivity index (χ4n) is 3.25. The van der Waals surface area contributed by atoms with Gasteiger partial charge in [0.05, 0.1) is 6.04 Å². The van der Waals surface area contributed by atoms with Gasteiger partial charge in [0.25, 0.3) is 0 Å². The van der Waals surface area contributed by atoms with Crippen molar-refractivity contribution in [1.82, 2.24) is 4.90 Å². The van der Waals surface area contributed by atoms with Crippen molar-refractivity contribution in [1.29, 1.82) is 0 Å². The minimum atomic E-state index is -0.169. The zero-order chi connectivity index (χ0) is 17.8. The molecule has 0 aliphatic carbocycles. The maximum absolute atomic E-state index is 12.5. The molecule has 0 radical (unpaired) electrons. The number of piperazine rings is 1. The Bertz CT molecular complexity index is 741. The largest absolute Gasteiger partial charge is 0.369 e. The van der Waals surface area contributed by atoms with Gasteiger partial charge in [-0.15, -0.1) is 0 Å². The van der Waals surface area contributed by atoms with Crippen molar-refractivity contribution in [3.8, 4) is 0 Å². The molecule has 4 nitrogen and oxygen atoms in total. The van der Waals surface area contributed by atoms with Crippen LogP contribution >= 0.6 is 11.6 Å². The summed E-state index contributed by atoms with van der Waals surface area (Å²) in [6.07, 6.45) is 0. The maximum atomic E-state index is 12.5. The minimum absolute atomic E-state index is 0.00612. The molecule has 1 aliphatic heterocycles. The van der Waals surface area contributed by atoms with Crippen molar-refractivity contribution in [3.05, 3.63) is 59.1 Å². The molecule has 2 aromatic rings. The van der Waals surface area contributed by atoms with Crippen LogP contribution in [0.15, 0.2) is 48.5 Å². The molecular formula is C20H24ClN3O. The quantitative estimate of drug-likeness (QED) is 0.904. The highest BCUT2D eigenvalue weighted by Gasteiger charge is 2.26. The lowest BCUT2D eigenvalue weighted by Crippen LogP contribution is -2.53. The van der Waals surface area contributed by atoms with E-state index < -0.39 is 0 Å². The Morgan fingerprint density at radius 1 is 1.08 bits per heavy atom. The van der Waals surface area contributed by atoms with Crippen LogP contribution in [-0.4, -0.2) is 43.0 Å². The van der Waals surface area contributed by atoms with Crippen LogP contribution in [-0.2, 0) is 4.79 Å². The molecule has 0 saturated carbocycles. The third-order valence-electron chi connectivity index (χ3n) is 4.79. The van der Waals surface area contributed by atoms with Gasteiger partial charge in [-0.05, 0) is 43.7 Å². The molecule has 25 heavy (non-hydrogen) atoms. The van der Waals surface area contributed by atoms with Gasteiger partial charge in [-0.25, -0.2) is 0 Å². The van der Waals surface area contributed by atoms with Crippen LogP contribution in [0.5, 0.6) is 0 Å². The first-order valence-electron chi connectivity index (χ1n) is 8.65. The van der Waals surface area contributed by atoms with E-state index in [1.807, 2.05) is 19.1 Å². The van der Waals surface area contributed by atoms with E-state index in [1.165, 1.54) is 11.3 Å². The lowest BCUT2D eigenvalue weighted by Gasteiger charge is -2.39. The van der Waals surface area contributed by atoms with Gasteiger partial charge in [-0.1, -0.05) is 35.9 Å². The highest BCUT2D eigenvalue weighted by Crippen LogP contribution is 2.22. The number of halogens is 1. The Morgan fingerprint density at radius 2 is 1.80 bits per heavy atom. The average molecular weight is 358 g/mol. The molecule has 1 fully saturated rings. The van der Waals surface area contributed by atoms with Gasteiger partial charge in [0.15, 0.2) is 0 Å². The molecule has 1 saturated heterocycles. The predicted molar refractivity (Wildman–Crippen MR) is 105 cm³/mol. The number of rotatable bonds is 4. The lowest BCUT2D eigenvalue weighted by molar-refractivity contribution is -0.120. The highest BCUT2D eigenvalue weighted by molar-refractivity contribution is 6.30. The summed E-state index contributed by atoms with van der Waals surface area (Å²) in [5.74, 6) is 0.00612. The first-order valence-corrected chi connectivity index (χ1v) is 9.03. The van der Waals surface area contributed by atoms with Crippen LogP contribution in [0.3, 0.4) is 0 Å². The zero-order valence-corrected chi connectivity index (χ0v) is 15.5. The first kappa shape index (κ1) is 17.8. The third-order valence-corrected chi connectivity index (χ3v) is 5.02. The summed E-state index contributed by atoms with van der Waals surface area (Å²) in [6.45, 7) is 7.71. The van der Waals surface area contributed by atoms with Gasteiger partial charge in [0.2, 0.25) is 5.91 Å². The fraction of sp³-hybridized carbons (Fsp3) is 0.350. The number of benzene rings is 2. The van der Waals surface area contributed by atoms with Crippen LogP contribution in [0, 0.1) is 6.92 Å². The molecule has 1 N–H and O–H groups in total. The Hall–Kier alpha value is -2.04. The molecule has 1 heterocycles. The lowest BCUT2D eigenvalue weighted by atomic mass is 10.1. The summed E-state index contributed by atoms with van der Waals surface area (Å²) >= 11 is 5.98. The summed E-state index contributed by atoms with van der Waals surface area (Å²) in [5, 5.41) is 3.58. The number of anilines is 2. The van der Waals surface area contributed by atoms with Gasteiger partial charge in [0.1, 0.15) is 0 Å². The molecule has 3 rings (SSSR count). The Morgan fingerprint density at radius 3 is 2.48 bits per heavy atom. The van der Waals surface area contributed by atoms with Crippen molar-refractivity contribution >= 4 is 28.9 Å². The number of nitrogens with zero attached hydrogens (tertiary/aromatic N) is 2. The number of aryl methyl sites for hydroxylation is 1.